The average molecular weight is 412 g/mol. The van der Waals surface area contributed by atoms with E-state index in [1.807, 2.05) is 18.2 Å². The van der Waals surface area contributed by atoms with E-state index < -0.39 is 0 Å². The molecule has 0 spiro atoms. The summed E-state index contributed by atoms with van der Waals surface area (Å²) in [6.45, 7) is 7.05. The van der Waals surface area contributed by atoms with Crippen LogP contribution in [0.3, 0.4) is 0 Å². The molecule has 2 aromatic carbocycles. The third-order valence-electron chi connectivity index (χ3n) is 6.83. The van der Waals surface area contributed by atoms with Gasteiger partial charge in [0.2, 0.25) is 0 Å². The normalized spacial score (nSPS) is 25.8. The van der Waals surface area contributed by atoms with Gasteiger partial charge in [0.25, 0.3) is 0 Å². The molecule has 2 aromatic rings. The zero-order valence-corrected chi connectivity index (χ0v) is 17.5. The van der Waals surface area contributed by atoms with E-state index in [1.165, 1.54) is 5.56 Å². The van der Waals surface area contributed by atoms with Crippen LogP contribution >= 0.6 is 0 Å². The summed E-state index contributed by atoms with van der Waals surface area (Å²) in [5.41, 5.74) is 2.87. The predicted molar refractivity (Wildman–Crippen MR) is 117 cm³/mol. The highest BCUT2D eigenvalue weighted by molar-refractivity contribution is 5.56. The summed E-state index contributed by atoms with van der Waals surface area (Å²) < 4.78 is 25.3. The quantitative estimate of drug-likeness (QED) is 0.755. The lowest BCUT2D eigenvalue weighted by molar-refractivity contribution is 0.122. The molecule has 0 radical (unpaired) electrons. The molecule has 2 heterocycles. The van der Waals surface area contributed by atoms with E-state index in [2.05, 4.69) is 33.3 Å². The van der Waals surface area contributed by atoms with Crippen molar-refractivity contribution in [1.29, 1.82) is 0 Å². The fourth-order valence-corrected chi connectivity index (χ4v) is 5.11. The number of ether oxygens (including phenoxy) is 2. The van der Waals surface area contributed by atoms with E-state index in [4.69, 9.17) is 9.47 Å². The molecule has 1 saturated carbocycles. The summed E-state index contributed by atoms with van der Waals surface area (Å²) in [6.07, 6.45) is 0. The van der Waals surface area contributed by atoms with Crippen LogP contribution in [0.2, 0.25) is 0 Å². The van der Waals surface area contributed by atoms with Crippen molar-refractivity contribution in [3.63, 3.8) is 0 Å². The molecule has 1 N–H and O–H groups in total. The summed E-state index contributed by atoms with van der Waals surface area (Å²) in [6, 6.07) is 13.9. The minimum atomic E-state index is -0.151. The van der Waals surface area contributed by atoms with Gasteiger partial charge in [0, 0.05) is 45.0 Å². The van der Waals surface area contributed by atoms with Crippen molar-refractivity contribution >= 4 is 11.4 Å². The molecule has 30 heavy (non-hydrogen) atoms. The zero-order chi connectivity index (χ0) is 20.5. The second kappa shape index (κ2) is 8.44. The number of piperidine rings is 1. The number of rotatable bonds is 7. The molecule has 5 rings (SSSR count). The fraction of sp³-hybridized carbons (Fsp3) is 0.500. The Morgan fingerprint density at radius 3 is 2.63 bits per heavy atom. The van der Waals surface area contributed by atoms with E-state index >= 15 is 0 Å². The Labute approximate surface area is 177 Å². The highest BCUT2D eigenvalue weighted by Crippen LogP contribution is 2.51. The van der Waals surface area contributed by atoms with Crippen LogP contribution in [0.15, 0.2) is 42.5 Å². The molecule has 3 aliphatic rings. The first-order valence-electron chi connectivity index (χ1n) is 10.9. The summed E-state index contributed by atoms with van der Waals surface area (Å²) in [5.74, 6) is 3.00. The number of morpholine rings is 1. The summed E-state index contributed by atoms with van der Waals surface area (Å²) in [5, 5.41) is 3.47. The van der Waals surface area contributed by atoms with Crippen LogP contribution in [-0.4, -0.2) is 57.9 Å². The molecule has 5 nitrogen and oxygen atoms in total. The van der Waals surface area contributed by atoms with Gasteiger partial charge in [-0.1, -0.05) is 12.1 Å². The number of fused-ring (bicyclic) bond motifs is 1. The molecule has 0 amide bonds. The number of hydrogen-bond acceptors (Lipinski definition) is 5. The summed E-state index contributed by atoms with van der Waals surface area (Å²) >= 11 is 0. The number of methoxy groups -OCH3 is 1. The molecule has 6 heteroatoms. The molecule has 2 atom stereocenters. The van der Waals surface area contributed by atoms with Crippen molar-refractivity contribution in [2.75, 3.05) is 63.3 Å². The van der Waals surface area contributed by atoms with Crippen molar-refractivity contribution in [1.82, 2.24) is 4.90 Å². The number of likely N-dealkylation sites (tertiary alicyclic amines) is 1. The molecule has 0 bridgehead atoms. The van der Waals surface area contributed by atoms with Crippen molar-refractivity contribution in [3.8, 4) is 5.75 Å². The van der Waals surface area contributed by atoms with Gasteiger partial charge in [-0.05, 0) is 53.6 Å². The van der Waals surface area contributed by atoms with Gasteiger partial charge in [0.15, 0.2) is 0 Å². The maximum Gasteiger partial charge on any atom is 0.148 e. The van der Waals surface area contributed by atoms with E-state index in [1.54, 1.807) is 13.2 Å². The van der Waals surface area contributed by atoms with Gasteiger partial charge in [-0.15, -0.1) is 0 Å². The Morgan fingerprint density at radius 1 is 1.10 bits per heavy atom. The highest BCUT2D eigenvalue weighted by atomic mass is 19.1. The lowest BCUT2D eigenvalue weighted by atomic mass is 10.2. The van der Waals surface area contributed by atoms with Crippen LogP contribution in [0.5, 0.6) is 5.75 Å². The molecular formula is C24H30FN3O2. The Bertz CT molecular complexity index is 875. The third kappa shape index (κ3) is 4.12. The van der Waals surface area contributed by atoms with E-state index in [-0.39, 0.29) is 5.82 Å². The predicted octanol–water partition coefficient (Wildman–Crippen LogP) is 3.46. The van der Waals surface area contributed by atoms with Crippen molar-refractivity contribution in [2.45, 2.75) is 6.54 Å². The molecule has 2 aliphatic heterocycles. The first-order chi connectivity index (χ1) is 14.7. The first-order valence-corrected chi connectivity index (χ1v) is 10.9. The molecule has 3 fully saturated rings. The minimum Gasteiger partial charge on any atom is -0.497 e. The average Bonchev–Trinajstić information content (AvgIpc) is 3.23. The maximum absolute atomic E-state index is 14.6. The Hall–Kier alpha value is -2.31. The van der Waals surface area contributed by atoms with Crippen LogP contribution in [0.4, 0.5) is 15.8 Å². The first kappa shape index (κ1) is 19.6. The number of benzene rings is 2. The van der Waals surface area contributed by atoms with Crippen LogP contribution in [-0.2, 0) is 11.3 Å². The van der Waals surface area contributed by atoms with Crippen LogP contribution in [0.1, 0.15) is 5.56 Å². The topological polar surface area (TPSA) is 37.0 Å². The molecule has 2 unspecified atom stereocenters. The monoisotopic (exact) mass is 411 g/mol. The van der Waals surface area contributed by atoms with Gasteiger partial charge in [0.05, 0.1) is 26.0 Å². The molecule has 0 aromatic heterocycles. The Morgan fingerprint density at radius 2 is 1.90 bits per heavy atom. The second-order valence-electron chi connectivity index (χ2n) is 8.68. The molecular weight excluding hydrogens is 381 g/mol. The van der Waals surface area contributed by atoms with Gasteiger partial charge in [-0.3, -0.25) is 4.90 Å². The second-order valence-corrected chi connectivity index (χ2v) is 8.68. The SMILES string of the molecule is COc1cccc(CN2CC3C(CNc4ccc(N5CCOCC5)c(F)c4)C3C2)c1. The van der Waals surface area contributed by atoms with E-state index in [0.29, 0.717) is 24.8 Å². The number of halogens is 1. The van der Waals surface area contributed by atoms with Crippen molar-refractivity contribution < 1.29 is 13.9 Å². The van der Waals surface area contributed by atoms with E-state index in [0.717, 1.165) is 62.5 Å². The van der Waals surface area contributed by atoms with Gasteiger partial charge >= 0.3 is 0 Å². The molecule has 160 valence electrons. The lowest BCUT2D eigenvalue weighted by Crippen LogP contribution is -2.36. The molecule has 2 saturated heterocycles. The number of anilines is 2. The van der Waals surface area contributed by atoms with Gasteiger partial charge in [-0.2, -0.15) is 0 Å². The van der Waals surface area contributed by atoms with Crippen LogP contribution in [0.25, 0.3) is 0 Å². The number of hydrogen-bond donors (Lipinski definition) is 1. The summed E-state index contributed by atoms with van der Waals surface area (Å²) in [4.78, 5) is 4.60. The number of nitrogens with zero attached hydrogens (tertiary/aromatic N) is 2. The fourth-order valence-electron chi connectivity index (χ4n) is 5.11. The largest absolute Gasteiger partial charge is 0.497 e. The minimum absolute atomic E-state index is 0.151. The molecule has 1 aliphatic carbocycles. The van der Waals surface area contributed by atoms with Gasteiger partial charge in [0.1, 0.15) is 11.6 Å². The summed E-state index contributed by atoms with van der Waals surface area (Å²) in [7, 11) is 1.71. The van der Waals surface area contributed by atoms with Crippen LogP contribution < -0.4 is 15.0 Å². The highest BCUT2D eigenvalue weighted by Gasteiger charge is 2.54. The maximum atomic E-state index is 14.6. The van der Waals surface area contributed by atoms with Gasteiger partial charge < -0.3 is 19.7 Å². The zero-order valence-electron chi connectivity index (χ0n) is 17.5. The standard InChI is InChI=1S/C24H30FN3O2/c1-29-19-4-2-3-17(11-19)14-27-15-21-20(22(21)16-27)13-26-18-5-6-24(23(25)12-18)28-7-9-30-10-8-28/h2-6,11-12,20-22,26H,7-10,13-16H2,1H3. The third-order valence-corrected chi connectivity index (χ3v) is 6.83. The van der Waals surface area contributed by atoms with Crippen molar-refractivity contribution in [3.05, 3.63) is 53.8 Å². The van der Waals surface area contributed by atoms with Gasteiger partial charge in [-0.25, -0.2) is 4.39 Å². The Kier molecular flexibility index (Phi) is 5.52. The van der Waals surface area contributed by atoms with Crippen molar-refractivity contribution in [2.24, 2.45) is 17.8 Å². The van der Waals surface area contributed by atoms with Crippen LogP contribution in [0, 0.1) is 23.6 Å². The number of nitrogens with one attached hydrogen (secondary N) is 1. The lowest BCUT2D eigenvalue weighted by Gasteiger charge is -2.29. The smallest absolute Gasteiger partial charge is 0.148 e. The van der Waals surface area contributed by atoms with E-state index in [9.17, 15) is 4.39 Å². The Balaban J connectivity index is 1.09.